The smallest absolute Gasteiger partial charge is 0.255 e. The quantitative estimate of drug-likeness (QED) is 0.530. The van der Waals surface area contributed by atoms with E-state index < -0.39 is 0 Å². The van der Waals surface area contributed by atoms with Gasteiger partial charge < -0.3 is 4.90 Å². The number of Topliss-reactive ketones (excluding diaryl/α,β-unsaturated/α-hetero) is 1. The Balaban J connectivity index is 1.47. The number of carbonyl (C=O) groups excluding carboxylic acids is 1. The maximum absolute atomic E-state index is 13.5. The Hall–Kier alpha value is -3.28. The van der Waals surface area contributed by atoms with Crippen LogP contribution >= 0.6 is 0 Å². The number of ketones is 1. The van der Waals surface area contributed by atoms with Crippen LogP contribution in [0.25, 0.3) is 11.3 Å². The molecule has 0 saturated carbocycles. The molecule has 0 fully saturated rings. The molecule has 34 heavy (non-hydrogen) atoms. The normalized spacial score (nSPS) is 18.2. The third-order valence-electron chi connectivity index (χ3n) is 7.57. The molecule has 3 aromatic rings. The number of aromatic nitrogens is 3. The zero-order valence-electron chi connectivity index (χ0n) is 20.5. The van der Waals surface area contributed by atoms with E-state index in [0.717, 1.165) is 30.4 Å². The van der Waals surface area contributed by atoms with Gasteiger partial charge in [-0.25, -0.2) is 4.98 Å². The van der Waals surface area contributed by atoms with Crippen molar-refractivity contribution in [1.29, 1.82) is 0 Å². The molecule has 1 aromatic carbocycles. The van der Waals surface area contributed by atoms with Crippen LogP contribution in [0, 0.1) is 0 Å². The van der Waals surface area contributed by atoms with E-state index in [2.05, 4.69) is 44.8 Å². The second-order valence-corrected chi connectivity index (χ2v) is 10.9. The second kappa shape index (κ2) is 8.19. The molecule has 1 aliphatic carbocycles. The van der Waals surface area contributed by atoms with Crippen molar-refractivity contribution in [2.24, 2.45) is 0 Å². The Labute approximate surface area is 200 Å². The first-order valence-corrected chi connectivity index (χ1v) is 12.1. The van der Waals surface area contributed by atoms with Crippen molar-refractivity contribution < 1.29 is 4.79 Å². The summed E-state index contributed by atoms with van der Waals surface area (Å²) in [6, 6.07) is 11.5. The maximum Gasteiger partial charge on any atom is 0.255 e. The summed E-state index contributed by atoms with van der Waals surface area (Å²) in [4.78, 5) is 37.1. The van der Waals surface area contributed by atoms with E-state index in [4.69, 9.17) is 4.98 Å². The summed E-state index contributed by atoms with van der Waals surface area (Å²) >= 11 is 0. The molecule has 6 heteroatoms. The van der Waals surface area contributed by atoms with E-state index in [1.54, 1.807) is 23.0 Å². The topological polar surface area (TPSA) is 68.1 Å². The van der Waals surface area contributed by atoms with Crippen LogP contribution in [0.1, 0.15) is 68.4 Å². The average Bonchev–Trinajstić information content (AvgIpc) is 2.83. The molecule has 0 amide bonds. The van der Waals surface area contributed by atoms with Crippen LogP contribution in [0.5, 0.6) is 0 Å². The molecule has 6 nitrogen and oxygen atoms in total. The van der Waals surface area contributed by atoms with Gasteiger partial charge in [-0.2, -0.15) is 0 Å². The molecular formula is C28H32N4O2. The summed E-state index contributed by atoms with van der Waals surface area (Å²) in [6.07, 6.45) is 6.43. The van der Waals surface area contributed by atoms with E-state index in [9.17, 15) is 9.59 Å². The highest BCUT2D eigenvalue weighted by molar-refractivity contribution is 5.99. The molecule has 176 valence electrons. The first kappa shape index (κ1) is 22.5. The van der Waals surface area contributed by atoms with Crippen LogP contribution in [-0.4, -0.2) is 33.4 Å². The summed E-state index contributed by atoms with van der Waals surface area (Å²) in [6.45, 7) is 10.6. The van der Waals surface area contributed by atoms with E-state index in [-0.39, 0.29) is 28.7 Å². The lowest BCUT2D eigenvalue weighted by Crippen LogP contribution is -2.41. The molecule has 2 aromatic heterocycles. The van der Waals surface area contributed by atoms with Crippen LogP contribution < -0.4 is 10.5 Å². The standard InChI is InChI=1S/C28H32N4O2/c1-27(2)10-11-28(3,4)22-16-20(6-7-21(22)27)24(33)18-31-14-5-15-32-25(34)17-23(30-26(31)32)19-8-12-29-13-9-19/h6-9,12-13,16-17H,5,10-11,14-15,18H2,1-4H3. The van der Waals surface area contributed by atoms with Crippen LogP contribution in [0.15, 0.2) is 53.6 Å². The van der Waals surface area contributed by atoms with Crippen molar-refractivity contribution in [2.75, 3.05) is 18.0 Å². The predicted molar refractivity (Wildman–Crippen MR) is 135 cm³/mol. The summed E-state index contributed by atoms with van der Waals surface area (Å²) in [5.74, 6) is 0.623. The Morgan fingerprint density at radius 2 is 1.65 bits per heavy atom. The molecule has 0 bridgehead atoms. The third kappa shape index (κ3) is 3.95. The lowest BCUT2D eigenvalue weighted by molar-refractivity contribution is 0.0997. The summed E-state index contributed by atoms with van der Waals surface area (Å²) in [7, 11) is 0. The van der Waals surface area contributed by atoms with E-state index in [1.165, 1.54) is 11.1 Å². The van der Waals surface area contributed by atoms with Crippen molar-refractivity contribution >= 4 is 11.7 Å². The third-order valence-corrected chi connectivity index (χ3v) is 7.57. The van der Waals surface area contributed by atoms with Gasteiger partial charge in [0.15, 0.2) is 5.78 Å². The number of rotatable bonds is 4. The van der Waals surface area contributed by atoms with Gasteiger partial charge in [0, 0.05) is 42.7 Å². The number of hydrogen-bond donors (Lipinski definition) is 0. The van der Waals surface area contributed by atoms with Gasteiger partial charge in [-0.1, -0.05) is 39.8 Å². The Kier molecular flexibility index (Phi) is 5.42. The SMILES string of the molecule is CC1(C)CCC(C)(C)c2cc(C(=O)CN3CCCn4c3nc(-c3ccncc3)cc4=O)ccc21. The van der Waals surface area contributed by atoms with Crippen LogP contribution in [0.2, 0.25) is 0 Å². The zero-order valence-corrected chi connectivity index (χ0v) is 20.5. The summed E-state index contributed by atoms with van der Waals surface area (Å²) in [5, 5.41) is 0. The van der Waals surface area contributed by atoms with Crippen molar-refractivity contribution in [3.63, 3.8) is 0 Å². The number of carbonyl (C=O) groups is 1. The first-order valence-electron chi connectivity index (χ1n) is 12.1. The number of benzene rings is 1. The minimum atomic E-state index is -0.0910. The van der Waals surface area contributed by atoms with Gasteiger partial charge in [0.05, 0.1) is 12.2 Å². The highest BCUT2D eigenvalue weighted by atomic mass is 16.1. The lowest BCUT2D eigenvalue weighted by Gasteiger charge is -2.42. The van der Waals surface area contributed by atoms with E-state index in [1.807, 2.05) is 23.1 Å². The maximum atomic E-state index is 13.5. The number of pyridine rings is 1. The number of hydrogen-bond acceptors (Lipinski definition) is 5. The summed E-state index contributed by atoms with van der Waals surface area (Å²) < 4.78 is 1.68. The lowest BCUT2D eigenvalue weighted by atomic mass is 9.63. The zero-order chi connectivity index (χ0) is 24.1. The first-order chi connectivity index (χ1) is 16.2. The van der Waals surface area contributed by atoms with Gasteiger partial charge in [-0.3, -0.25) is 19.1 Å². The van der Waals surface area contributed by atoms with Gasteiger partial charge in [0.2, 0.25) is 5.95 Å². The van der Waals surface area contributed by atoms with Crippen LogP contribution in [-0.2, 0) is 17.4 Å². The number of nitrogens with zero attached hydrogens (tertiary/aromatic N) is 4. The molecule has 0 unspecified atom stereocenters. The van der Waals surface area contributed by atoms with Gasteiger partial charge >= 0.3 is 0 Å². The molecule has 2 aliphatic rings. The predicted octanol–water partition coefficient (Wildman–Crippen LogP) is 4.75. The van der Waals surface area contributed by atoms with Gasteiger partial charge in [-0.05, 0) is 59.4 Å². The molecule has 3 heterocycles. The van der Waals surface area contributed by atoms with Gasteiger partial charge in [0.25, 0.3) is 5.56 Å². The highest BCUT2D eigenvalue weighted by Crippen LogP contribution is 2.46. The van der Waals surface area contributed by atoms with Crippen molar-refractivity contribution in [3.8, 4) is 11.3 Å². The second-order valence-electron chi connectivity index (χ2n) is 10.9. The largest absolute Gasteiger partial charge is 0.334 e. The van der Waals surface area contributed by atoms with E-state index in [0.29, 0.717) is 24.7 Å². The molecule has 5 rings (SSSR count). The molecular weight excluding hydrogens is 424 g/mol. The molecule has 0 spiro atoms. The van der Waals surface area contributed by atoms with Crippen molar-refractivity contribution in [2.45, 2.75) is 64.3 Å². The van der Waals surface area contributed by atoms with Crippen LogP contribution in [0.3, 0.4) is 0 Å². The van der Waals surface area contributed by atoms with Gasteiger partial charge in [-0.15, -0.1) is 0 Å². The minimum Gasteiger partial charge on any atom is -0.334 e. The fraction of sp³-hybridized carbons (Fsp3) is 0.429. The average molecular weight is 457 g/mol. The minimum absolute atomic E-state index is 0.0488. The van der Waals surface area contributed by atoms with Gasteiger partial charge in [0.1, 0.15) is 0 Å². The molecule has 0 radical (unpaired) electrons. The Bertz CT molecular complexity index is 1310. The Morgan fingerprint density at radius 3 is 2.38 bits per heavy atom. The fourth-order valence-corrected chi connectivity index (χ4v) is 5.31. The van der Waals surface area contributed by atoms with Crippen molar-refractivity contribution in [1.82, 2.24) is 14.5 Å². The molecule has 0 saturated heterocycles. The van der Waals surface area contributed by atoms with Crippen molar-refractivity contribution in [3.05, 3.63) is 75.8 Å². The monoisotopic (exact) mass is 456 g/mol. The highest BCUT2D eigenvalue weighted by Gasteiger charge is 2.37. The number of anilines is 1. The molecule has 1 aliphatic heterocycles. The fourth-order valence-electron chi connectivity index (χ4n) is 5.31. The van der Waals surface area contributed by atoms with E-state index >= 15 is 0 Å². The number of fused-ring (bicyclic) bond motifs is 2. The molecule has 0 atom stereocenters. The molecule has 0 N–H and O–H groups in total. The van der Waals surface area contributed by atoms with Crippen LogP contribution in [0.4, 0.5) is 5.95 Å². The summed E-state index contributed by atoms with van der Waals surface area (Å²) in [5.41, 5.74) is 4.88. The Morgan fingerprint density at radius 1 is 0.941 bits per heavy atom.